The second kappa shape index (κ2) is 6.39. The number of aromatic nitrogens is 1. The molecular formula is C9H15ClNP. The van der Waals surface area contributed by atoms with Crippen molar-refractivity contribution < 1.29 is 0 Å². The zero-order chi connectivity index (χ0) is 9.56. The SMILES string of the molecule is CP(C)C.Cc1cccnc1Cl. The molecule has 3 heteroatoms. The fraction of sp³-hybridized carbons (Fsp3) is 0.444. The highest BCUT2D eigenvalue weighted by atomic mass is 35.5. The minimum atomic E-state index is 0.380. The van der Waals surface area contributed by atoms with Crippen molar-refractivity contribution in [2.75, 3.05) is 20.0 Å². The molecule has 0 spiro atoms. The lowest BCUT2D eigenvalue weighted by molar-refractivity contribution is 1.27. The van der Waals surface area contributed by atoms with E-state index >= 15 is 0 Å². The molecule has 0 N–H and O–H groups in total. The second-order valence-corrected chi connectivity index (χ2v) is 5.99. The van der Waals surface area contributed by atoms with Crippen molar-refractivity contribution in [2.24, 2.45) is 0 Å². The van der Waals surface area contributed by atoms with Crippen LogP contribution in [0.25, 0.3) is 0 Å². The molecule has 0 fully saturated rings. The lowest BCUT2D eigenvalue weighted by Gasteiger charge is -1.89. The average Bonchev–Trinajstić information content (AvgIpc) is 1.94. The van der Waals surface area contributed by atoms with Crippen LogP contribution in [0.1, 0.15) is 5.56 Å². The Morgan fingerprint density at radius 1 is 1.33 bits per heavy atom. The molecule has 0 amide bonds. The summed E-state index contributed by atoms with van der Waals surface area (Å²) in [4.78, 5) is 3.84. The van der Waals surface area contributed by atoms with E-state index in [0.717, 1.165) is 5.56 Å². The third kappa shape index (κ3) is 6.57. The average molecular weight is 204 g/mol. The molecule has 0 aliphatic carbocycles. The van der Waals surface area contributed by atoms with Crippen molar-refractivity contribution in [3.8, 4) is 0 Å². The molecule has 1 rings (SSSR count). The minimum Gasteiger partial charge on any atom is -0.244 e. The summed E-state index contributed by atoms with van der Waals surface area (Å²) in [6.07, 6.45) is 1.68. The van der Waals surface area contributed by atoms with Crippen LogP contribution in [-0.4, -0.2) is 25.0 Å². The number of pyridine rings is 1. The summed E-state index contributed by atoms with van der Waals surface area (Å²) in [6, 6.07) is 3.79. The zero-order valence-corrected chi connectivity index (χ0v) is 9.65. The van der Waals surface area contributed by atoms with Crippen LogP contribution >= 0.6 is 19.5 Å². The largest absolute Gasteiger partial charge is 0.244 e. The van der Waals surface area contributed by atoms with Gasteiger partial charge in [-0.15, -0.1) is 7.92 Å². The zero-order valence-electron chi connectivity index (χ0n) is 8.00. The number of hydrogen-bond donors (Lipinski definition) is 0. The van der Waals surface area contributed by atoms with Gasteiger partial charge in [0, 0.05) is 6.20 Å². The lowest BCUT2D eigenvalue weighted by Crippen LogP contribution is -1.75. The fourth-order valence-corrected chi connectivity index (χ4v) is 0.586. The van der Waals surface area contributed by atoms with E-state index in [-0.39, 0.29) is 0 Å². The summed E-state index contributed by atoms with van der Waals surface area (Å²) >= 11 is 5.60. The first-order valence-corrected chi connectivity index (χ1v) is 6.78. The highest BCUT2D eigenvalue weighted by molar-refractivity contribution is 7.55. The normalized spacial score (nSPS) is 9.17. The van der Waals surface area contributed by atoms with E-state index in [1.54, 1.807) is 6.20 Å². The second-order valence-electron chi connectivity index (χ2n) is 2.95. The maximum absolute atomic E-state index is 5.60. The molecule has 1 heterocycles. The van der Waals surface area contributed by atoms with E-state index in [1.807, 2.05) is 19.1 Å². The quantitative estimate of drug-likeness (QED) is 0.465. The molecule has 0 aliphatic rings. The molecule has 1 aromatic rings. The van der Waals surface area contributed by atoms with Crippen molar-refractivity contribution in [2.45, 2.75) is 6.92 Å². The van der Waals surface area contributed by atoms with E-state index in [0.29, 0.717) is 13.1 Å². The summed E-state index contributed by atoms with van der Waals surface area (Å²) in [5.74, 6) is 0. The van der Waals surface area contributed by atoms with Gasteiger partial charge >= 0.3 is 0 Å². The molecule has 1 aromatic heterocycles. The van der Waals surface area contributed by atoms with E-state index in [9.17, 15) is 0 Å². The standard InChI is InChI=1S/C6H6ClN.C3H9P/c1-5-3-2-4-8-6(5)7;1-4(2)3/h2-4H,1H3;1-3H3. The maximum atomic E-state index is 5.60. The molecule has 0 aliphatic heterocycles. The van der Waals surface area contributed by atoms with Gasteiger partial charge in [-0.2, -0.15) is 0 Å². The molecule has 12 heavy (non-hydrogen) atoms. The molecule has 0 bridgehead atoms. The van der Waals surface area contributed by atoms with Gasteiger partial charge in [-0.1, -0.05) is 17.7 Å². The molecule has 0 saturated carbocycles. The van der Waals surface area contributed by atoms with E-state index in [1.165, 1.54) is 0 Å². The minimum absolute atomic E-state index is 0.380. The van der Waals surface area contributed by atoms with Gasteiger partial charge in [0.25, 0.3) is 0 Å². The monoisotopic (exact) mass is 203 g/mol. The van der Waals surface area contributed by atoms with Gasteiger partial charge in [-0.25, -0.2) is 4.98 Å². The van der Waals surface area contributed by atoms with Gasteiger partial charge < -0.3 is 0 Å². The van der Waals surface area contributed by atoms with Crippen LogP contribution in [0.15, 0.2) is 18.3 Å². The highest BCUT2D eigenvalue weighted by Crippen LogP contribution is 2.14. The Bertz CT molecular complexity index is 202. The predicted molar refractivity (Wildman–Crippen MR) is 58.7 cm³/mol. The summed E-state index contributed by atoms with van der Waals surface area (Å²) in [7, 11) is 0.380. The summed E-state index contributed by atoms with van der Waals surface area (Å²) in [6.45, 7) is 8.62. The number of rotatable bonds is 0. The molecule has 0 aromatic carbocycles. The fourth-order valence-electron chi connectivity index (χ4n) is 0.466. The predicted octanol–water partition coefficient (Wildman–Crippen LogP) is 3.40. The van der Waals surface area contributed by atoms with Gasteiger partial charge in [0.2, 0.25) is 0 Å². The number of halogens is 1. The molecule has 68 valence electrons. The Balaban J connectivity index is 0.000000261. The first-order chi connectivity index (χ1) is 5.54. The van der Waals surface area contributed by atoms with Crippen LogP contribution in [0.5, 0.6) is 0 Å². The first-order valence-electron chi connectivity index (χ1n) is 3.72. The van der Waals surface area contributed by atoms with Gasteiger partial charge in [-0.3, -0.25) is 0 Å². The molecule has 0 atom stereocenters. The Hall–Kier alpha value is -0.130. The number of aryl methyl sites for hydroxylation is 1. The van der Waals surface area contributed by atoms with Crippen LogP contribution in [0.2, 0.25) is 5.15 Å². The first kappa shape index (κ1) is 11.9. The smallest absolute Gasteiger partial charge is 0.131 e. The summed E-state index contributed by atoms with van der Waals surface area (Å²) in [5.41, 5.74) is 1.02. The maximum Gasteiger partial charge on any atom is 0.131 e. The molecule has 0 saturated heterocycles. The Kier molecular flexibility index (Phi) is 6.32. The van der Waals surface area contributed by atoms with Gasteiger partial charge in [0.15, 0.2) is 0 Å². The number of hydrogen-bond acceptors (Lipinski definition) is 1. The van der Waals surface area contributed by atoms with Crippen LogP contribution in [0.4, 0.5) is 0 Å². The van der Waals surface area contributed by atoms with E-state index in [2.05, 4.69) is 25.0 Å². The van der Waals surface area contributed by atoms with Crippen LogP contribution in [-0.2, 0) is 0 Å². The van der Waals surface area contributed by atoms with Gasteiger partial charge in [-0.05, 0) is 38.5 Å². The summed E-state index contributed by atoms with van der Waals surface area (Å²) < 4.78 is 0. The highest BCUT2D eigenvalue weighted by Gasteiger charge is 1.88. The summed E-state index contributed by atoms with van der Waals surface area (Å²) in [5, 5.41) is 0.590. The third-order valence-electron chi connectivity index (χ3n) is 0.946. The lowest BCUT2D eigenvalue weighted by atomic mass is 10.3. The Morgan fingerprint density at radius 2 is 1.83 bits per heavy atom. The van der Waals surface area contributed by atoms with Gasteiger partial charge in [0.05, 0.1) is 0 Å². The Morgan fingerprint density at radius 3 is 2.08 bits per heavy atom. The van der Waals surface area contributed by atoms with Crippen molar-refractivity contribution in [3.63, 3.8) is 0 Å². The van der Waals surface area contributed by atoms with E-state index in [4.69, 9.17) is 11.6 Å². The van der Waals surface area contributed by atoms with Crippen LogP contribution in [0.3, 0.4) is 0 Å². The third-order valence-corrected chi connectivity index (χ3v) is 1.34. The van der Waals surface area contributed by atoms with Gasteiger partial charge in [0.1, 0.15) is 5.15 Å². The van der Waals surface area contributed by atoms with Crippen LogP contribution in [0, 0.1) is 6.92 Å². The van der Waals surface area contributed by atoms with E-state index < -0.39 is 0 Å². The van der Waals surface area contributed by atoms with Crippen molar-refractivity contribution >= 4 is 19.5 Å². The molecule has 1 nitrogen and oxygen atoms in total. The van der Waals surface area contributed by atoms with Crippen molar-refractivity contribution in [1.82, 2.24) is 4.98 Å². The Labute approximate surface area is 80.9 Å². The van der Waals surface area contributed by atoms with Crippen molar-refractivity contribution in [1.29, 1.82) is 0 Å². The number of nitrogens with zero attached hydrogens (tertiary/aromatic N) is 1. The van der Waals surface area contributed by atoms with Crippen molar-refractivity contribution in [3.05, 3.63) is 29.0 Å². The molecule has 0 radical (unpaired) electrons. The molecular weight excluding hydrogens is 189 g/mol. The topological polar surface area (TPSA) is 12.9 Å². The molecule has 0 unspecified atom stereocenters. The van der Waals surface area contributed by atoms with Crippen LogP contribution < -0.4 is 0 Å².